The summed E-state index contributed by atoms with van der Waals surface area (Å²) in [5, 5.41) is 10.9. The van der Waals surface area contributed by atoms with Gasteiger partial charge in [-0.3, -0.25) is 10.1 Å². The zero-order valence-electron chi connectivity index (χ0n) is 10.3. The van der Waals surface area contributed by atoms with E-state index in [4.69, 9.17) is 16.3 Å². The third-order valence-corrected chi connectivity index (χ3v) is 4.81. The molecular formula is C12H15ClFNO3S. The van der Waals surface area contributed by atoms with Crippen LogP contribution in [0, 0.1) is 16.0 Å². The second-order valence-electron chi connectivity index (χ2n) is 4.73. The lowest BCUT2D eigenvalue weighted by Crippen LogP contribution is -2.32. The van der Waals surface area contributed by atoms with E-state index in [1.807, 2.05) is 11.8 Å². The van der Waals surface area contributed by atoms with Gasteiger partial charge in [0, 0.05) is 5.92 Å². The average Bonchev–Trinajstić information content (AvgIpc) is 2.41. The minimum absolute atomic E-state index is 0.0858. The Hall–Kier alpha value is -0.750. The van der Waals surface area contributed by atoms with Crippen LogP contribution in [0.2, 0.25) is 0 Å². The predicted molar refractivity (Wildman–Crippen MR) is 73.5 cm³/mol. The highest BCUT2D eigenvalue weighted by molar-refractivity contribution is 7.99. The molecular weight excluding hydrogens is 293 g/mol. The molecule has 4 nitrogen and oxygen atoms in total. The SMILES string of the molecule is O=[N+]([O-])C1(F)C=C(OCC2CCCSC2)C(Cl)=CC1. The van der Waals surface area contributed by atoms with Gasteiger partial charge in [0.1, 0.15) is 5.76 Å². The van der Waals surface area contributed by atoms with Gasteiger partial charge in [0.05, 0.1) is 29.1 Å². The molecule has 0 amide bonds. The summed E-state index contributed by atoms with van der Waals surface area (Å²) >= 11 is 7.77. The number of thioether (sulfide) groups is 1. The fourth-order valence-corrected chi connectivity index (χ4v) is 3.37. The second-order valence-corrected chi connectivity index (χ2v) is 6.29. The molecule has 2 aliphatic rings. The molecule has 1 fully saturated rings. The summed E-state index contributed by atoms with van der Waals surface area (Å²) in [5.41, 5.74) is 0. The van der Waals surface area contributed by atoms with Gasteiger partial charge in [0.25, 0.3) is 0 Å². The number of alkyl halides is 1. The number of hydrogen-bond acceptors (Lipinski definition) is 4. The highest BCUT2D eigenvalue weighted by Crippen LogP contribution is 2.33. The minimum atomic E-state index is -2.60. The maximum absolute atomic E-state index is 13.9. The second kappa shape index (κ2) is 6.13. The Morgan fingerprint density at radius 1 is 1.68 bits per heavy atom. The van der Waals surface area contributed by atoms with Crippen molar-refractivity contribution in [3.05, 3.63) is 33.1 Å². The average molecular weight is 308 g/mol. The third-order valence-electron chi connectivity index (χ3n) is 3.19. The first-order valence-corrected chi connectivity index (χ1v) is 7.67. The lowest BCUT2D eigenvalue weighted by molar-refractivity contribution is -0.589. The number of hydrogen-bond donors (Lipinski definition) is 0. The summed E-state index contributed by atoms with van der Waals surface area (Å²) in [7, 11) is 0. The molecule has 1 heterocycles. The normalized spacial score (nSPS) is 31.4. The number of halogens is 2. The van der Waals surface area contributed by atoms with Crippen LogP contribution in [0.25, 0.3) is 0 Å². The van der Waals surface area contributed by atoms with Crippen LogP contribution < -0.4 is 0 Å². The van der Waals surface area contributed by atoms with Gasteiger partial charge in [0.2, 0.25) is 0 Å². The number of ether oxygens (including phenoxy) is 1. The first kappa shape index (κ1) is 14.7. The van der Waals surface area contributed by atoms with Crippen LogP contribution >= 0.6 is 23.4 Å². The van der Waals surface area contributed by atoms with Crippen molar-refractivity contribution < 1.29 is 14.1 Å². The Kier molecular flexibility index (Phi) is 4.73. The molecule has 0 aromatic rings. The Morgan fingerprint density at radius 3 is 3.11 bits per heavy atom. The van der Waals surface area contributed by atoms with E-state index in [0.717, 1.165) is 30.4 Å². The Bertz CT molecular complexity index is 423. The van der Waals surface area contributed by atoms with Gasteiger partial charge >= 0.3 is 5.79 Å². The van der Waals surface area contributed by atoms with Gasteiger partial charge in [-0.2, -0.15) is 16.2 Å². The molecule has 0 bridgehead atoms. The number of rotatable bonds is 4. The molecule has 0 aromatic heterocycles. The molecule has 0 saturated carbocycles. The van der Waals surface area contributed by atoms with Crippen molar-refractivity contribution in [1.82, 2.24) is 0 Å². The molecule has 0 N–H and O–H groups in total. The van der Waals surface area contributed by atoms with E-state index in [1.165, 1.54) is 6.08 Å². The van der Waals surface area contributed by atoms with E-state index >= 15 is 0 Å². The number of allylic oxidation sites excluding steroid dienone is 1. The van der Waals surface area contributed by atoms with Crippen molar-refractivity contribution in [1.29, 1.82) is 0 Å². The highest BCUT2D eigenvalue weighted by atomic mass is 35.5. The maximum atomic E-state index is 13.9. The Balaban J connectivity index is 1.98. The standard InChI is InChI=1S/C12H15ClFNO3S/c13-10-3-4-12(14,15(16)17)6-11(10)18-7-9-2-1-5-19-8-9/h3,6,9H,1-2,4-5,7-8H2. The van der Waals surface area contributed by atoms with Gasteiger partial charge in [-0.1, -0.05) is 17.7 Å². The van der Waals surface area contributed by atoms with Gasteiger partial charge < -0.3 is 4.74 Å². The quantitative estimate of drug-likeness (QED) is 0.453. The molecule has 0 spiro atoms. The Morgan fingerprint density at radius 2 is 2.47 bits per heavy atom. The lowest BCUT2D eigenvalue weighted by Gasteiger charge is -2.24. The first-order chi connectivity index (χ1) is 9.01. The molecule has 2 unspecified atom stereocenters. The zero-order chi connectivity index (χ0) is 13.9. The summed E-state index contributed by atoms with van der Waals surface area (Å²) in [6.07, 6.45) is 4.03. The topological polar surface area (TPSA) is 52.4 Å². The van der Waals surface area contributed by atoms with E-state index in [2.05, 4.69) is 0 Å². The van der Waals surface area contributed by atoms with Crippen molar-refractivity contribution in [2.75, 3.05) is 18.1 Å². The van der Waals surface area contributed by atoms with E-state index in [9.17, 15) is 14.5 Å². The van der Waals surface area contributed by atoms with Crippen LogP contribution in [-0.2, 0) is 4.74 Å². The summed E-state index contributed by atoms with van der Waals surface area (Å²) in [4.78, 5) is 9.74. The van der Waals surface area contributed by atoms with Gasteiger partial charge in [0.15, 0.2) is 0 Å². The molecule has 19 heavy (non-hydrogen) atoms. The van der Waals surface area contributed by atoms with Crippen LogP contribution in [0.3, 0.4) is 0 Å². The largest absolute Gasteiger partial charge is 0.492 e. The molecule has 0 aromatic carbocycles. The molecule has 0 radical (unpaired) electrons. The van der Waals surface area contributed by atoms with Crippen molar-refractivity contribution in [3.63, 3.8) is 0 Å². The first-order valence-electron chi connectivity index (χ1n) is 6.14. The molecule has 2 rings (SSSR count). The van der Waals surface area contributed by atoms with E-state index in [1.54, 1.807) is 0 Å². The van der Waals surface area contributed by atoms with Crippen molar-refractivity contribution in [2.24, 2.45) is 5.92 Å². The molecule has 1 aliphatic carbocycles. The van der Waals surface area contributed by atoms with Crippen LogP contribution in [0.1, 0.15) is 19.3 Å². The molecule has 1 aliphatic heterocycles. The highest BCUT2D eigenvalue weighted by Gasteiger charge is 2.43. The smallest absolute Gasteiger partial charge is 0.385 e. The van der Waals surface area contributed by atoms with Crippen LogP contribution in [0.15, 0.2) is 22.9 Å². The van der Waals surface area contributed by atoms with Gasteiger partial charge in [-0.25, -0.2) is 0 Å². The molecule has 2 atom stereocenters. The summed E-state index contributed by atoms with van der Waals surface area (Å²) in [6.45, 7) is 0.427. The zero-order valence-corrected chi connectivity index (χ0v) is 11.9. The van der Waals surface area contributed by atoms with E-state index in [0.29, 0.717) is 12.5 Å². The van der Waals surface area contributed by atoms with Crippen LogP contribution in [0.5, 0.6) is 0 Å². The van der Waals surface area contributed by atoms with Crippen molar-refractivity contribution >= 4 is 23.4 Å². The summed E-state index contributed by atoms with van der Waals surface area (Å²) in [5.74, 6) is 0.0485. The fourth-order valence-electron chi connectivity index (χ4n) is 2.05. The van der Waals surface area contributed by atoms with Crippen LogP contribution in [-0.4, -0.2) is 28.8 Å². The predicted octanol–water partition coefficient (Wildman–Crippen LogP) is 3.50. The minimum Gasteiger partial charge on any atom is -0.492 e. The van der Waals surface area contributed by atoms with Gasteiger partial charge in [-0.15, -0.1) is 0 Å². The van der Waals surface area contributed by atoms with Crippen molar-refractivity contribution in [3.8, 4) is 0 Å². The molecule has 106 valence electrons. The summed E-state index contributed by atoms with van der Waals surface area (Å²) in [6, 6.07) is 0. The molecule has 7 heteroatoms. The third kappa shape index (κ3) is 3.63. The maximum Gasteiger partial charge on any atom is 0.385 e. The van der Waals surface area contributed by atoms with E-state index in [-0.39, 0.29) is 17.2 Å². The molecule has 1 saturated heterocycles. The van der Waals surface area contributed by atoms with Crippen molar-refractivity contribution in [2.45, 2.75) is 25.1 Å². The number of nitro groups is 1. The fraction of sp³-hybridized carbons (Fsp3) is 0.667. The van der Waals surface area contributed by atoms with E-state index < -0.39 is 10.7 Å². The summed E-state index contributed by atoms with van der Waals surface area (Å²) < 4.78 is 19.4. The lowest BCUT2D eigenvalue weighted by atomic mass is 10.1. The Labute approximate surface area is 120 Å². The van der Waals surface area contributed by atoms with Gasteiger partial charge in [-0.05, 0) is 24.3 Å². The number of nitrogens with zero attached hydrogens (tertiary/aromatic N) is 1. The monoisotopic (exact) mass is 307 g/mol. The van der Waals surface area contributed by atoms with Crippen LogP contribution in [0.4, 0.5) is 4.39 Å².